The van der Waals surface area contributed by atoms with Crippen LogP contribution in [0.1, 0.15) is 21.6 Å². The van der Waals surface area contributed by atoms with E-state index in [4.69, 9.17) is 9.47 Å². The highest BCUT2D eigenvalue weighted by molar-refractivity contribution is 5.93. The number of benzene rings is 1. The molecule has 0 bridgehead atoms. The van der Waals surface area contributed by atoms with Crippen molar-refractivity contribution < 1.29 is 14.3 Å². The van der Waals surface area contributed by atoms with Crippen LogP contribution in [-0.2, 0) is 13.0 Å². The number of methoxy groups -OCH3 is 2. The Hall–Kier alpha value is -3.61. The number of rotatable bonds is 9. The monoisotopic (exact) mass is 392 g/mol. The standard InChI is InChI=1S/C22H24N4O3/c1-28-20-6-5-16(12-21(20)29-2)7-10-25-22(27)19-13-18(8-11-24-19)26-15-17-4-3-9-23-14-17/h3-6,8-9,11-14H,7,10,15H2,1-2H3,(H,24,26)(H,25,27). The molecule has 3 rings (SSSR count). The summed E-state index contributed by atoms with van der Waals surface area (Å²) in [6, 6.07) is 13.2. The summed E-state index contributed by atoms with van der Waals surface area (Å²) in [6.45, 7) is 1.11. The zero-order valence-corrected chi connectivity index (χ0v) is 16.5. The molecule has 0 saturated carbocycles. The average Bonchev–Trinajstić information content (AvgIpc) is 2.78. The molecule has 150 valence electrons. The van der Waals surface area contributed by atoms with E-state index in [1.165, 1.54) is 0 Å². The molecule has 0 aliphatic heterocycles. The van der Waals surface area contributed by atoms with Crippen LogP contribution in [-0.4, -0.2) is 36.6 Å². The Kier molecular flexibility index (Phi) is 7.00. The molecule has 0 fully saturated rings. The molecule has 7 heteroatoms. The summed E-state index contributed by atoms with van der Waals surface area (Å²) in [6.07, 6.45) is 5.83. The zero-order chi connectivity index (χ0) is 20.5. The van der Waals surface area contributed by atoms with Crippen LogP contribution in [0.15, 0.2) is 61.1 Å². The first-order valence-corrected chi connectivity index (χ1v) is 9.27. The van der Waals surface area contributed by atoms with E-state index in [2.05, 4.69) is 20.6 Å². The third-order valence-electron chi connectivity index (χ3n) is 4.36. The van der Waals surface area contributed by atoms with Gasteiger partial charge in [-0.3, -0.25) is 14.8 Å². The van der Waals surface area contributed by atoms with Gasteiger partial charge in [0.15, 0.2) is 11.5 Å². The first kappa shape index (κ1) is 20.1. The molecule has 0 unspecified atom stereocenters. The third kappa shape index (κ3) is 5.68. The molecule has 0 saturated heterocycles. The first-order valence-electron chi connectivity index (χ1n) is 9.27. The molecular weight excluding hydrogens is 368 g/mol. The second kappa shape index (κ2) is 10.1. The number of hydrogen-bond acceptors (Lipinski definition) is 6. The van der Waals surface area contributed by atoms with E-state index < -0.39 is 0 Å². The maximum absolute atomic E-state index is 12.4. The van der Waals surface area contributed by atoms with Crippen molar-refractivity contribution in [2.45, 2.75) is 13.0 Å². The molecule has 1 aromatic carbocycles. The summed E-state index contributed by atoms with van der Waals surface area (Å²) in [4.78, 5) is 20.7. The third-order valence-corrected chi connectivity index (χ3v) is 4.36. The number of aromatic nitrogens is 2. The highest BCUT2D eigenvalue weighted by atomic mass is 16.5. The minimum Gasteiger partial charge on any atom is -0.493 e. The van der Waals surface area contributed by atoms with E-state index in [9.17, 15) is 4.79 Å². The van der Waals surface area contributed by atoms with Gasteiger partial charge in [0.1, 0.15) is 5.69 Å². The van der Waals surface area contributed by atoms with E-state index in [0.29, 0.717) is 36.7 Å². The molecule has 0 radical (unpaired) electrons. The summed E-state index contributed by atoms with van der Waals surface area (Å²) in [5, 5.41) is 6.18. The maximum Gasteiger partial charge on any atom is 0.269 e. The van der Waals surface area contributed by atoms with Gasteiger partial charge in [-0.15, -0.1) is 0 Å². The number of hydrogen-bond donors (Lipinski definition) is 2. The van der Waals surface area contributed by atoms with Gasteiger partial charge in [-0.1, -0.05) is 12.1 Å². The lowest BCUT2D eigenvalue weighted by Crippen LogP contribution is -2.26. The number of nitrogens with one attached hydrogen (secondary N) is 2. The number of amides is 1. The van der Waals surface area contributed by atoms with Gasteiger partial charge in [0.2, 0.25) is 0 Å². The van der Waals surface area contributed by atoms with Gasteiger partial charge in [-0.2, -0.15) is 0 Å². The number of nitrogens with zero attached hydrogens (tertiary/aromatic N) is 2. The van der Waals surface area contributed by atoms with Crippen LogP contribution in [0.5, 0.6) is 11.5 Å². The van der Waals surface area contributed by atoms with Crippen molar-refractivity contribution in [1.29, 1.82) is 0 Å². The van der Waals surface area contributed by atoms with E-state index in [1.54, 1.807) is 38.9 Å². The van der Waals surface area contributed by atoms with Gasteiger partial charge >= 0.3 is 0 Å². The predicted octanol–water partition coefficient (Wildman–Crippen LogP) is 3.08. The van der Waals surface area contributed by atoms with Gasteiger partial charge in [0.25, 0.3) is 5.91 Å². The number of pyridine rings is 2. The Bertz CT molecular complexity index is 948. The van der Waals surface area contributed by atoms with Gasteiger partial charge in [0.05, 0.1) is 14.2 Å². The van der Waals surface area contributed by atoms with Crippen LogP contribution in [0.3, 0.4) is 0 Å². The van der Waals surface area contributed by atoms with Gasteiger partial charge in [0, 0.05) is 37.4 Å². The Balaban J connectivity index is 1.53. The number of ether oxygens (including phenoxy) is 2. The van der Waals surface area contributed by atoms with Gasteiger partial charge in [-0.25, -0.2) is 0 Å². The Morgan fingerprint density at radius 3 is 2.62 bits per heavy atom. The quantitative estimate of drug-likeness (QED) is 0.582. The number of carbonyl (C=O) groups is 1. The average molecular weight is 392 g/mol. The zero-order valence-electron chi connectivity index (χ0n) is 16.5. The van der Waals surface area contributed by atoms with E-state index in [-0.39, 0.29) is 5.91 Å². The molecule has 7 nitrogen and oxygen atoms in total. The molecule has 0 aliphatic carbocycles. The first-order chi connectivity index (χ1) is 14.2. The minimum absolute atomic E-state index is 0.212. The van der Waals surface area contributed by atoms with Crippen LogP contribution < -0.4 is 20.1 Å². The highest BCUT2D eigenvalue weighted by Crippen LogP contribution is 2.27. The van der Waals surface area contributed by atoms with Crippen molar-refractivity contribution in [2.24, 2.45) is 0 Å². The lowest BCUT2D eigenvalue weighted by atomic mass is 10.1. The van der Waals surface area contributed by atoms with Crippen LogP contribution in [0.2, 0.25) is 0 Å². The lowest BCUT2D eigenvalue weighted by molar-refractivity contribution is 0.0949. The number of anilines is 1. The summed E-state index contributed by atoms with van der Waals surface area (Å²) in [5.74, 6) is 1.14. The van der Waals surface area contributed by atoms with Crippen molar-refractivity contribution in [2.75, 3.05) is 26.1 Å². The maximum atomic E-state index is 12.4. The minimum atomic E-state index is -0.212. The summed E-state index contributed by atoms with van der Waals surface area (Å²) < 4.78 is 10.5. The fraction of sp³-hybridized carbons (Fsp3) is 0.227. The molecule has 0 atom stereocenters. The van der Waals surface area contributed by atoms with Crippen molar-refractivity contribution in [3.8, 4) is 11.5 Å². The smallest absolute Gasteiger partial charge is 0.269 e. The predicted molar refractivity (Wildman–Crippen MR) is 111 cm³/mol. The summed E-state index contributed by atoms with van der Waals surface area (Å²) in [5.41, 5.74) is 3.30. The Morgan fingerprint density at radius 2 is 1.86 bits per heavy atom. The molecular formula is C22H24N4O3. The molecule has 2 aromatic heterocycles. The second-order valence-corrected chi connectivity index (χ2v) is 6.34. The molecule has 29 heavy (non-hydrogen) atoms. The van der Waals surface area contributed by atoms with Crippen LogP contribution in [0.25, 0.3) is 0 Å². The molecule has 0 spiro atoms. The molecule has 1 amide bonds. The van der Waals surface area contributed by atoms with Gasteiger partial charge in [-0.05, 0) is 47.9 Å². The lowest BCUT2D eigenvalue weighted by Gasteiger charge is -2.10. The molecule has 3 aromatic rings. The Labute approximate surface area is 170 Å². The number of carbonyl (C=O) groups excluding carboxylic acids is 1. The highest BCUT2D eigenvalue weighted by Gasteiger charge is 2.09. The van der Waals surface area contributed by atoms with Crippen LogP contribution in [0.4, 0.5) is 5.69 Å². The van der Waals surface area contributed by atoms with E-state index in [1.807, 2.05) is 36.4 Å². The molecule has 0 aliphatic rings. The normalized spacial score (nSPS) is 10.3. The van der Waals surface area contributed by atoms with Crippen molar-refractivity contribution in [3.05, 3.63) is 77.9 Å². The van der Waals surface area contributed by atoms with Crippen molar-refractivity contribution >= 4 is 11.6 Å². The summed E-state index contributed by atoms with van der Waals surface area (Å²) in [7, 11) is 3.20. The fourth-order valence-corrected chi connectivity index (χ4v) is 2.82. The van der Waals surface area contributed by atoms with Gasteiger partial charge < -0.3 is 20.1 Å². The van der Waals surface area contributed by atoms with Crippen LogP contribution in [0, 0.1) is 0 Å². The topological polar surface area (TPSA) is 85.4 Å². The molecule has 2 heterocycles. The SMILES string of the molecule is COc1ccc(CCNC(=O)c2cc(NCc3cccnc3)ccn2)cc1OC. The van der Waals surface area contributed by atoms with E-state index >= 15 is 0 Å². The molecule has 2 N–H and O–H groups in total. The van der Waals surface area contributed by atoms with Crippen LogP contribution >= 0.6 is 0 Å². The van der Waals surface area contributed by atoms with Crippen molar-refractivity contribution in [1.82, 2.24) is 15.3 Å². The van der Waals surface area contributed by atoms with E-state index in [0.717, 1.165) is 16.8 Å². The Morgan fingerprint density at radius 1 is 1.00 bits per heavy atom. The summed E-state index contributed by atoms with van der Waals surface area (Å²) >= 11 is 0. The van der Waals surface area contributed by atoms with Crippen molar-refractivity contribution in [3.63, 3.8) is 0 Å². The fourth-order valence-electron chi connectivity index (χ4n) is 2.82. The second-order valence-electron chi connectivity index (χ2n) is 6.34. The largest absolute Gasteiger partial charge is 0.493 e.